The Hall–Kier alpha value is -1.40. The van der Waals surface area contributed by atoms with Crippen LogP contribution in [0.4, 0.5) is 0 Å². The maximum atomic E-state index is 12.4. The van der Waals surface area contributed by atoms with Crippen LogP contribution in [0, 0.1) is 5.92 Å². The van der Waals surface area contributed by atoms with Crippen molar-refractivity contribution in [2.75, 3.05) is 19.6 Å². The molecule has 1 heterocycles. The molecule has 3 rings (SSSR count). The minimum atomic E-state index is -3.55. The first-order valence-electron chi connectivity index (χ1n) is 8.55. The fourth-order valence-corrected chi connectivity index (χ4v) is 4.79. The van der Waals surface area contributed by atoms with Crippen molar-refractivity contribution in [3.05, 3.63) is 65.2 Å². The number of likely N-dealkylation sites (tertiary alicyclic amines) is 1. The summed E-state index contributed by atoms with van der Waals surface area (Å²) in [6.45, 7) is 3.41. The van der Waals surface area contributed by atoms with Crippen LogP contribution in [0.1, 0.15) is 18.4 Å². The number of benzene rings is 2. The molecule has 0 saturated carbocycles. The Labute approximate surface area is 154 Å². The molecule has 0 radical (unpaired) electrons. The molecule has 0 atom stereocenters. The molecule has 6 heteroatoms. The summed E-state index contributed by atoms with van der Waals surface area (Å²) < 4.78 is 27.5. The van der Waals surface area contributed by atoms with E-state index in [9.17, 15) is 8.42 Å². The third-order valence-corrected chi connectivity index (χ3v) is 6.57. The molecule has 1 aliphatic heterocycles. The Morgan fingerprint density at radius 1 is 1.00 bits per heavy atom. The van der Waals surface area contributed by atoms with Gasteiger partial charge >= 0.3 is 0 Å². The average Bonchev–Trinajstić information content (AvgIpc) is 2.62. The van der Waals surface area contributed by atoms with Crippen LogP contribution in [-0.2, 0) is 16.6 Å². The Kier molecular flexibility index (Phi) is 6.12. The Morgan fingerprint density at radius 2 is 1.64 bits per heavy atom. The zero-order valence-corrected chi connectivity index (χ0v) is 15.6. The van der Waals surface area contributed by atoms with Crippen molar-refractivity contribution in [2.24, 2.45) is 5.92 Å². The van der Waals surface area contributed by atoms with Gasteiger partial charge in [-0.25, -0.2) is 13.1 Å². The van der Waals surface area contributed by atoms with Gasteiger partial charge in [0.1, 0.15) is 4.90 Å². The fourth-order valence-electron chi connectivity index (χ4n) is 3.16. The summed E-state index contributed by atoms with van der Waals surface area (Å²) in [5.74, 6) is 0.365. The summed E-state index contributed by atoms with van der Waals surface area (Å²) in [6.07, 6.45) is 2.00. The van der Waals surface area contributed by atoms with Gasteiger partial charge in [0.2, 0.25) is 10.0 Å². The summed E-state index contributed by atoms with van der Waals surface area (Å²) in [5, 5.41) is 0.257. The molecular formula is C19H23ClN2O2S. The van der Waals surface area contributed by atoms with Crippen LogP contribution in [0.15, 0.2) is 59.5 Å². The van der Waals surface area contributed by atoms with Gasteiger partial charge in [-0.1, -0.05) is 54.1 Å². The molecule has 4 nitrogen and oxygen atoms in total. The van der Waals surface area contributed by atoms with Crippen LogP contribution in [-0.4, -0.2) is 33.0 Å². The second kappa shape index (κ2) is 8.32. The van der Waals surface area contributed by atoms with Gasteiger partial charge < -0.3 is 0 Å². The van der Waals surface area contributed by atoms with Gasteiger partial charge in [0, 0.05) is 13.1 Å². The van der Waals surface area contributed by atoms with Gasteiger partial charge in [-0.3, -0.25) is 4.90 Å². The molecule has 0 aliphatic carbocycles. The van der Waals surface area contributed by atoms with Crippen molar-refractivity contribution >= 4 is 21.6 Å². The molecule has 25 heavy (non-hydrogen) atoms. The largest absolute Gasteiger partial charge is 0.299 e. The average molecular weight is 379 g/mol. The first kappa shape index (κ1) is 18.4. The van der Waals surface area contributed by atoms with Crippen molar-refractivity contribution in [3.8, 4) is 0 Å². The molecule has 2 aromatic carbocycles. The van der Waals surface area contributed by atoms with Gasteiger partial charge in [-0.05, 0) is 49.5 Å². The predicted octanol–water partition coefficient (Wildman–Crippen LogP) is 3.53. The molecule has 1 N–H and O–H groups in total. The molecule has 1 aliphatic rings. The van der Waals surface area contributed by atoms with Gasteiger partial charge in [0.15, 0.2) is 0 Å². The maximum Gasteiger partial charge on any atom is 0.242 e. The third kappa shape index (κ3) is 5.05. The molecule has 2 aromatic rings. The Bertz CT molecular complexity index is 788. The highest BCUT2D eigenvalue weighted by Crippen LogP contribution is 2.22. The first-order valence-corrected chi connectivity index (χ1v) is 10.4. The van der Waals surface area contributed by atoms with E-state index < -0.39 is 10.0 Å². The standard InChI is InChI=1S/C19H23ClN2O2S/c20-18-8-4-5-9-19(18)25(23,24)21-14-16-10-12-22(13-11-16)15-17-6-2-1-3-7-17/h1-9,16,21H,10-15H2. The Balaban J connectivity index is 1.49. The molecule has 0 amide bonds. The van der Waals surface area contributed by atoms with Gasteiger partial charge in [0.05, 0.1) is 5.02 Å². The lowest BCUT2D eigenvalue weighted by molar-refractivity contribution is 0.178. The third-order valence-electron chi connectivity index (χ3n) is 4.64. The lowest BCUT2D eigenvalue weighted by atomic mass is 9.97. The number of sulfonamides is 1. The van der Waals surface area contributed by atoms with E-state index in [0.29, 0.717) is 12.5 Å². The highest BCUT2D eigenvalue weighted by molar-refractivity contribution is 7.89. The van der Waals surface area contributed by atoms with E-state index in [-0.39, 0.29) is 9.92 Å². The number of piperidine rings is 1. The second-order valence-electron chi connectivity index (χ2n) is 6.49. The first-order chi connectivity index (χ1) is 12.0. The number of nitrogens with zero attached hydrogens (tertiary/aromatic N) is 1. The topological polar surface area (TPSA) is 49.4 Å². The van der Waals surface area contributed by atoms with E-state index in [1.165, 1.54) is 11.6 Å². The van der Waals surface area contributed by atoms with Crippen LogP contribution in [0.2, 0.25) is 5.02 Å². The van der Waals surface area contributed by atoms with Crippen LogP contribution in [0.3, 0.4) is 0 Å². The zero-order chi connectivity index (χ0) is 17.7. The molecule has 0 spiro atoms. The highest BCUT2D eigenvalue weighted by Gasteiger charge is 2.23. The molecule has 0 bridgehead atoms. The summed E-state index contributed by atoms with van der Waals surface area (Å²) >= 11 is 6.00. The summed E-state index contributed by atoms with van der Waals surface area (Å²) in [6, 6.07) is 17.0. The van der Waals surface area contributed by atoms with Crippen molar-refractivity contribution in [2.45, 2.75) is 24.3 Å². The van der Waals surface area contributed by atoms with Gasteiger partial charge in [-0.15, -0.1) is 0 Å². The number of hydrogen-bond acceptors (Lipinski definition) is 3. The van der Waals surface area contributed by atoms with Crippen LogP contribution in [0.25, 0.3) is 0 Å². The predicted molar refractivity (Wildman–Crippen MR) is 101 cm³/mol. The SMILES string of the molecule is O=S(=O)(NCC1CCN(Cc2ccccc2)CC1)c1ccccc1Cl. The molecule has 0 aromatic heterocycles. The molecule has 1 saturated heterocycles. The summed E-state index contributed by atoms with van der Waals surface area (Å²) in [7, 11) is -3.55. The monoisotopic (exact) mass is 378 g/mol. The summed E-state index contributed by atoms with van der Waals surface area (Å²) in [4.78, 5) is 2.58. The zero-order valence-electron chi connectivity index (χ0n) is 14.1. The molecule has 1 fully saturated rings. The van der Waals surface area contributed by atoms with Crippen LogP contribution < -0.4 is 4.72 Å². The van der Waals surface area contributed by atoms with E-state index in [2.05, 4.69) is 33.9 Å². The normalized spacial score (nSPS) is 16.8. The quantitative estimate of drug-likeness (QED) is 0.836. The van der Waals surface area contributed by atoms with Gasteiger partial charge in [-0.2, -0.15) is 0 Å². The molecule has 134 valence electrons. The van der Waals surface area contributed by atoms with Crippen molar-refractivity contribution in [1.82, 2.24) is 9.62 Å². The maximum absolute atomic E-state index is 12.4. The van der Waals surface area contributed by atoms with Crippen molar-refractivity contribution < 1.29 is 8.42 Å². The van der Waals surface area contributed by atoms with Crippen LogP contribution >= 0.6 is 11.6 Å². The van der Waals surface area contributed by atoms with E-state index in [0.717, 1.165) is 32.5 Å². The van der Waals surface area contributed by atoms with E-state index in [1.54, 1.807) is 18.2 Å². The van der Waals surface area contributed by atoms with Crippen molar-refractivity contribution in [1.29, 1.82) is 0 Å². The number of rotatable bonds is 6. The fraction of sp³-hybridized carbons (Fsp3) is 0.368. The van der Waals surface area contributed by atoms with Gasteiger partial charge in [0.25, 0.3) is 0 Å². The lowest BCUT2D eigenvalue weighted by Crippen LogP contribution is -2.38. The number of hydrogen-bond donors (Lipinski definition) is 1. The van der Waals surface area contributed by atoms with Crippen LogP contribution in [0.5, 0.6) is 0 Å². The second-order valence-corrected chi connectivity index (χ2v) is 8.63. The lowest BCUT2D eigenvalue weighted by Gasteiger charge is -2.32. The van der Waals surface area contributed by atoms with E-state index in [4.69, 9.17) is 11.6 Å². The molecular weight excluding hydrogens is 356 g/mol. The van der Waals surface area contributed by atoms with Crippen molar-refractivity contribution in [3.63, 3.8) is 0 Å². The minimum Gasteiger partial charge on any atom is -0.299 e. The number of nitrogens with one attached hydrogen (secondary N) is 1. The minimum absolute atomic E-state index is 0.151. The Morgan fingerprint density at radius 3 is 2.32 bits per heavy atom. The number of halogens is 1. The highest BCUT2D eigenvalue weighted by atomic mass is 35.5. The smallest absolute Gasteiger partial charge is 0.242 e. The van der Waals surface area contributed by atoms with E-state index >= 15 is 0 Å². The molecule has 0 unspecified atom stereocenters. The van der Waals surface area contributed by atoms with E-state index in [1.807, 2.05) is 6.07 Å². The summed E-state index contributed by atoms with van der Waals surface area (Å²) in [5.41, 5.74) is 1.32.